The minimum Gasteiger partial charge on any atom is -0.367 e. The van der Waals surface area contributed by atoms with Crippen molar-refractivity contribution in [1.82, 2.24) is 19.8 Å². The average Bonchev–Trinajstić information content (AvgIpc) is 2.69. The van der Waals surface area contributed by atoms with Crippen molar-refractivity contribution in [2.24, 2.45) is 0 Å². The highest BCUT2D eigenvalue weighted by Gasteiger charge is 2.27. The molecule has 2 aliphatic rings. The summed E-state index contributed by atoms with van der Waals surface area (Å²) in [6.07, 6.45) is 6.45. The normalized spacial score (nSPS) is 25.1. The van der Waals surface area contributed by atoms with E-state index in [0.29, 0.717) is 11.6 Å². The Kier molecular flexibility index (Phi) is 5.00. The first-order valence-corrected chi connectivity index (χ1v) is 9.57. The Hall–Kier alpha value is -2.23. The standard InChI is InChI=1S/C20H26N6/c1-25-8-10-26(11-9-25)17-5-3-16(4-6-17)24-20-18-7-2-15(13-21)12-19(18)22-14-23-20/h2,7,12,14,16-17H,3-6,8-11H2,1H3,(H,22,23,24). The lowest BCUT2D eigenvalue weighted by atomic mass is 9.89. The van der Waals surface area contributed by atoms with Gasteiger partial charge in [-0.15, -0.1) is 0 Å². The molecule has 6 heteroatoms. The van der Waals surface area contributed by atoms with E-state index < -0.39 is 0 Å². The summed E-state index contributed by atoms with van der Waals surface area (Å²) in [6.45, 7) is 4.79. The van der Waals surface area contributed by atoms with Crippen LogP contribution in [0.5, 0.6) is 0 Å². The van der Waals surface area contributed by atoms with Crippen molar-refractivity contribution in [3.05, 3.63) is 30.1 Å². The van der Waals surface area contributed by atoms with Crippen LogP contribution >= 0.6 is 0 Å². The van der Waals surface area contributed by atoms with Crippen molar-refractivity contribution in [3.63, 3.8) is 0 Å². The lowest BCUT2D eigenvalue weighted by Crippen LogP contribution is -2.50. The van der Waals surface area contributed by atoms with E-state index in [1.807, 2.05) is 18.2 Å². The lowest BCUT2D eigenvalue weighted by Gasteiger charge is -2.41. The van der Waals surface area contributed by atoms with Crippen LogP contribution in [0.1, 0.15) is 31.2 Å². The molecule has 1 aromatic carbocycles. The molecule has 1 aliphatic carbocycles. The highest BCUT2D eigenvalue weighted by atomic mass is 15.3. The second-order valence-corrected chi connectivity index (χ2v) is 7.56. The predicted octanol–water partition coefficient (Wildman–Crippen LogP) is 2.47. The van der Waals surface area contributed by atoms with E-state index in [1.165, 1.54) is 51.9 Å². The Labute approximate surface area is 154 Å². The molecule has 136 valence electrons. The third-order valence-electron chi connectivity index (χ3n) is 5.86. The number of rotatable bonds is 3. The molecular weight excluding hydrogens is 324 g/mol. The van der Waals surface area contributed by atoms with E-state index in [-0.39, 0.29) is 0 Å². The number of fused-ring (bicyclic) bond motifs is 1. The summed E-state index contributed by atoms with van der Waals surface area (Å²) in [5.41, 5.74) is 1.46. The van der Waals surface area contributed by atoms with Gasteiger partial charge in [0, 0.05) is 43.6 Å². The fourth-order valence-corrected chi connectivity index (χ4v) is 4.21. The fraction of sp³-hybridized carbons (Fsp3) is 0.550. The molecule has 0 unspecified atom stereocenters. The number of anilines is 1. The molecule has 2 fully saturated rings. The number of likely N-dealkylation sites (N-methyl/N-ethyl adjacent to an activating group) is 1. The number of aromatic nitrogens is 2. The quantitative estimate of drug-likeness (QED) is 0.917. The van der Waals surface area contributed by atoms with Crippen LogP contribution in [0.4, 0.5) is 5.82 Å². The zero-order chi connectivity index (χ0) is 17.9. The maximum Gasteiger partial charge on any atom is 0.137 e. The molecule has 6 nitrogen and oxygen atoms in total. The third kappa shape index (κ3) is 3.64. The Morgan fingerprint density at radius 2 is 1.85 bits per heavy atom. The summed E-state index contributed by atoms with van der Waals surface area (Å²) in [6, 6.07) is 8.98. The molecule has 0 atom stereocenters. The first-order valence-electron chi connectivity index (χ1n) is 9.57. The third-order valence-corrected chi connectivity index (χ3v) is 5.86. The van der Waals surface area contributed by atoms with Gasteiger partial charge in [-0.2, -0.15) is 5.26 Å². The summed E-state index contributed by atoms with van der Waals surface area (Å²) in [5, 5.41) is 13.7. The van der Waals surface area contributed by atoms with Gasteiger partial charge in [0.25, 0.3) is 0 Å². The van der Waals surface area contributed by atoms with Gasteiger partial charge in [0.1, 0.15) is 12.1 Å². The highest BCUT2D eigenvalue weighted by Crippen LogP contribution is 2.28. The van der Waals surface area contributed by atoms with Gasteiger partial charge in [-0.25, -0.2) is 9.97 Å². The van der Waals surface area contributed by atoms with E-state index in [9.17, 15) is 0 Å². The average molecular weight is 350 g/mol. The Bertz CT molecular complexity index is 798. The number of nitriles is 1. The molecule has 26 heavy (non-hydrogen) atoms. The van der Waals surface area contributed by atoms with Crippen LogP contribution in [-0.4, -0.2) is 65.1 Å². The summed E-state index contributed by atoms with van der Waals surface area (Å²) in [5.74, 6) is 0.891. The van der Waals surface area contributed by atoms with Crippen molar-refractivity contribution in [2.45, 2.75) is 37.8 Å². The van der Waals surface area contributed by atoms with Crippen LogP contribution in [-0.2, 0) is 0 Å². The van der Waals surface area contributed by atoms with E-state index >= 15 is 0 Å². The number of hydrogen-bond donors (Lipinski definition) is 1. The van der Waals surface area contributed by atoms with Gasteiger partial charge in [0.05, 0.1) is 17.1 Å². The molecule has 0 amide bonds. The smallest absolute Gasteiger partial charge is 0.137 e. The number of benzene rings is 1. The van der Waals surface area contributed by atoms with Gasteiger partial charge in [-0.1, -0.05) is 0 Å². The number of piperazine rings is 1. The van der Waals surface area contributed by atoms with Gasteiger partial charge < -0.3 is 10.2 Å². The van der Waals surface area contributed by atoms with Crippen LogP contribution in [0, 0.1) is 11.3 Å². The number of nitrogens with zero attached hydrogens (tertiary/aromatic N) is 5. The van der Waals surface area contributed by atoms with Gasteiger partial charge in [-0.3, -0.25) is 4.90 Å². The topological polar surface area (TPSA) is 68.1 Å². The van der Waals surface area contributed by atoms with Crippen LogP contribution in [0.2, 0.25) is 0 Å². The molecule has 0 spiro atoms. The first kappa shape index (κ1) is 17.2. The Morgan fingerprint density at radius 3 is 2.58 bits per heavy atom. The molecule has 1 saturated carbocycles. The number of nitrogens with one attached hydrogen (secondary N) is 1. The van der Waals surface area contributed by atoms with Crippen LogP contribution < -0.4 is 5.32 Å². The van der Waals surface area contributed by atoms with Crippen LogP contribution in [0.25, 0.3) is 10.9 Å². The molecule has 0 radical (unpaired) electrons. The van der Waals surface area contributed by atoms with Gasteiger partial charge in [-0.05, 0) is 50.9 Å². The van der Waals surface area contributed by atoms with Crippen molar-refractivity contribution in [3.8, 4) is 6.07 Å². The summed E-state index contributed by atoms with van der Waals surface area (Å²) in [7, 11) is 2.21. The van der Waals surface area contributed by atoms with E-state index in [1.54, 1.807) is 6.33 Å². The van der Waals surface area contributed by atoms with Crippen LogP contribution in [0.3, 0.4) is 0 Å². The second-order valence-electron chi connectivity index (χ2n) is 7.56. The largest absolute Gasteiger partial charge is 0.367 e. The van der Waals surface area contributed by atoms with E-state index in [0.717, 1.165) is 22.8 Å². The summed E-state index contributed by atoms with van der Waals surface area (Å²) in [4.78, 5) is 13.9. The fourth-order valence-electron chi connectivity index (χ4n) is 4.21. The zero-order valence-corrected chi connectivity index (χ0v) is 15.4. The van der Waals surface area contributed by atoms with Gasteiger partial charge >= 0.3 is 0 Å². The minimum atomic E-state index is 0.465. The predicted molar refractivity (Wildman–Crippen MR) is 103 cm³/mol. The lowest BCUT2D eigenvalue weighted by molar-refractivity contribution is 0.0894. The highest BCUT2D eigenvalue weighted by molar-refractivity contribution is 5.89. The number of hydrogen-bond acceptors (Lipinski definition) is 6. The molecular formula is C20H26N6. The molecule has 1 saturated heterocycles. The molecule has 2 heterocycles. The second kappa shape index (κ2) is 7.56. The van der Waals surface area contributed by atoms with Crippen LogP contribution in [0.15, 0.2) is 24.5 Å². The first-order chi connectivity index (χ1) is 12.7. The zero-order valence-electron chi connectivity index (χ0n) is 15.4. The Morgan fingerprint density at radius 1 is 1.08 bits per heavy atom. The molecule has 1 N–H and O–H groups in total. The Balaban J connectivity index is 1.39. The van der Waals surface area contributed by atoms with Crippen molar-refractivity contribution in [1.29, 1.82) is 5.26 Å². The molecule has 2 aromatic rings. The minimum absolute atomic E-state index is 0.465. The molecule has 1 aromatic heterocycles. The molecule has 4 rings (SSSR count). The van der Waals surface area contributed by atoms with Gasteiger partial charge in [0.2, 0.25) is 0 Å². The maximum absolute atomic E-state index is 9.06. The van der Waals surface area contributed by atoms with Crippen molar-refractivity contribution >= 4 is 16.7 Å². The molecule has 0 bridgehead atoms. The van der Waals surface area contributed by atoms with Gasteiger partial charge in [0.15, 0.2) is 0 Å². The van der Waals surface area contributed by atoms with Crippen molar-refractivity contribution in [2.75, 3.05) is 38.5 Å². The van der Waals surface area contributed by atoms with Crippen molar-refractivity contribution < 1.29 is 0 Å². The maximum atomic E-state index is 9.06. The summed E-state index contributed by atoms with van der Waals surface area (Å²) >= 11 is 0. The summed E-state index contributed by atoms with van der Waals surface area (Å²) < 4.78 is 0. The van der Waals surface area contributed by atoms with E-state index in [4.69, 9.17) is 5.26 Å². The monoisotopic (exact) mass is 350 g/mol. The van der Waals surface area contributed by atoms with E-state index in [2.05, 4.69) is 38.2 Å². The SMILES string of the molecule is CN1CCN(C2CCC(Nc3ncnc4cc(C#N)ccc34)CC2)CC1. The molecule has 1 aliphatic heterocycles.